The summed E-state index contributed by atoms with van der Waals surface area (Å²) < 4.78 is 10.5. The summed E-state index contributed by atoms with van der Waals surface area (Å²) >= 11 is 0. The summed E-state index contributed by atoms with van der Waals surface area (Å²) in [6.07, 6.45) is 3.54. The van der Waals surface area contributed by atoms with Crippen LogP contribution in [-0.4, -0.2) is 24.1 Å². The first kappa shape index (κ1) is 13.7. The molecule has 0 spiro atoms. The van der Waals surface area contributed by atoms with Crippen LogP contribution >= 0.6 is 0 Å². The Hall–Kier alpha value is -1.32. The van der Waals surface area contributed by atoms with Crippen molar-refractivity contribution in [2.75, 3.05) is 0 Å². The molecular formula is C13H20O4. The predicted octanol–water partition coefficient (Wildman–Crippen LogP) is 2.08. The summed E-state index contributed by atoms with van der Waals surface area (Å²) in [5, 5.41) is 0. The topological polar surface area (TPSA) is 52.6 Å². The molecule has 0 unspecified atom stereocenters. The molecule has 2 atom stereocenters. The average molecular weight is 240 g/mol. The van der Waals surface area contributed by atoms with Crippen molar-refractivity contribution in [3.8, 4) is 0 Å². The minimum atomic E-state index is -0.269. The van der Waals surface area contributed by atoms with Crippen LogP contribution in [-0.2, 0) is 19.1 Å². The number of hydrogen-bond donors (Lipinski definition) is 0. The van der Waals surface area contributed by atoms with Crippen molar-refractivity contribution < 1.29 is 19.1 Å². The highest BCUT2D eigenvalue weighted by molar-refractivity contribution is 5.72. The van der Waals surface area contributed by atoms with Gasteiger partial charge in [-0.2, -0.15) is 0 Å². The van der Waals surface area contributed by atoms with Crippen LogP contribution in [0.3, 0.4) is 0 Å². The maximum atomic E-state index is 11.4. The highest BCUT2D eigenvalue weighted by atomic mass is 16.6. The summed E-state index contributed by atoms with van der Waals surface area (Å²) in [6, 6.07) is 0. The van der Waals surface area contributed by atoms with E-state index in [0.717, 1.165) is 0 Å². The summed E-state index contributed by atoms with van der Waals surface area (Å²) in [5.74, 6) is -0.729. The first-order chi connectivity index (χ1) is 7.90. The highest BCUT2D eigenvalue weighted by Crippen LogP contribution is 2.19. The molecule has 4 heteroatoms. The Kier molecular flexibility index (Phi) is 4.73. The minimum absolute atomic E-state index is 0.138. The van der Waals surface area contributed by atoms with Gasteiger partial charge in [-0.05, 0) is 12.2 Å². The molecule has 0 bridgehead atoms. The van der Waals surface area contributed by atoms with Crippen molar-refractivity contribution in [1.82, 2.24) is 0 Å². The second-order valence-corrected chi connectivity index (χ2v) is 4.88. The summed E-state index contributed by atoms with van der Waals surface area (Å²) in [6.45, 7) is 7.16. The van der Waals surface area contributed by atoms with E-state index in [2.05, 4.69) is 0 Å². The fourth-order valence-corrected chi connectivity index (χ4v) is 1.38. The monoisotopic (exact) mass is 240 g/mol. The number of carbonyl (C=O) groups is 2. The third kappa shape index (κ3) is 4.21. The van der Waals surface area contributed by atoms with Gasteiger partial charge in [0.2, 0.25) is 0 Å². The molecule has 0 aromatic carbocycles. The molecule has 17 heavy (non-hydrogen) atoms. The molecule has 1 aliphatic carbocycles. The van der Waals surface area contributed by atoms with Gasteiger partial charge in [-0.3, -0.25) is 9.59 Å². The quantitative estimate of drug-likeness (QED) is 0.557. The molecular weight excluding hydrogens is 220 g/mol. The Balaban J connectivity index is 2.36. The van der Waals surface area contributed by atoms with Gasteiger partial charge in [0.25, 0.3) is 0 Å². The van der Waals surface area contributed by atoms with Crippen LogP contribution < -0.4 is 0 Å². The van der Waals surface area contributed by atoms with E-state index >= 15 is 0 Å². The molecule has 1 rings (SSSR count). The fourth-order valence-electron chi connectivity index (χ4n) is 1.38. The first-order valence-electron chi connectivity index (χ1n) is 5.99. The Bertz CT molecular complexity index is 287. The normalized spacial score (nSPS) is 23.2. The van der Waals surface area contributed by atoms with E-state index < -0.39 is 0 Å². The summed E-state index contributed by atoms with van der Waals surface area (Å²) in [4.78, 5) is 22.7. The molecule has 0 aliphatic heterocycles. The molecule has 4 nitrogen and oxygen atoms in total. The second kappa shape index (κ2) is 5.84. The number of ether oxygens (including phenoxy) is 2. The smallest absolute Gasteiger partial charge is 0.308 e. The van der Waals surface area contributed by atoms with Crippen LogP contribution in [0.1, 0.15) is 34.1 Å². The van der Waals surface area contributed by atoms with Gasteiger partial charge in [-0.15, -0.1) is 0 Å². The Morgan fingerprint density at radius 3 is 1.59 bits per heavy atom. The second-order valence-electron chi connectivity index (χ2n) is 4.88. The van der Waals surface area contributed by atoms with Gasteiger partial charge >= 0.3 is 11.9 Å². The predicted molar refractivity (Wildman–Crippen MR) is 63.2 cm³/mol. The van der Waals surface area contributed by atoms with Gasteiger partial charge in [0.05, 0.1) is 11.8 Å². The van der Waals surface area contributed by atoms with E-state index in [1.807, 2.05) is 0 Å². The number of rotatable bonds is 4. The lowest BCUT2D eigenvalue weighted by Crippen LogP contribution is -2.23. The van der Waals surface area contributed by atoms with E-state index in [1.165, 1.54) is 0 Å². The number of hydrogen-bond acceptors (Lipinski definition) is 4. The van der Waals surface area contributed by atoms with E-state index in [4.69, 9.17) is 9.47 Å². The van der Waals surface area contributed by atoms with Crippen molar-refractivity contribution in [2.45, 2.75) is 46.3 Å². The third-order valence-corrected chi connectivity index (χ3v) is 2.48. The summed E-state index contributed by atoms with van der Waals surface area (Å²) in [5.41, 5.74) is 0. The molecule has 96 valence electrons. The van der Waals surface area contributed by atoms with Gasteiger partial charge in [-0.1, -0.05) is 27.7 Å². The maximum Gasteiger partial charge on any atom is 0.308 e. The largest absolute Gasteiger partial charge is 0.458 e. The van der Waals surface area contributed by atoms with Crippen molar-refractivity contribution >= 4 is 11.9 Å². The fraction of sp³-hybridized carbons (Fsp3) is 0.692. The van der Waals surface area contributed by atoms with Crippen LogP contribution in [0.25, 0.3) is 0 Å². The molecule has 0 N–H and O–H groups in total. The molecule has 0 fully saturated rings. The van der Waals surface area contributed by atoms with Crippen LogP contribution in [0, 0.1) is 11.8 Å². The Morgan fingerprint density at radius 2 is 1.29 bits per heavy atom. The summed E-state index contributed by atoms with van der Waals surface area (Å²) in [7, 11) is 0. The Labute approximate surface area is 102 Å². The van der Waals surface area contributed by atoms with Crippen molar-refractivity contribution in [3.63, 3.8) is 0 Å². The van der Waals surface area contributed by atoms with E-state index in [1.54, 1.807) is 39.8 Å². The molecule has 1 aliphatic rings. The van der Waals surface area contributed by atoms with Crippen molar-refractivity contribution in [3.05, 3.63) is 12.2 Å². The Morgan fingerprint density at radius 1 is 0.941 bits per heavy atom. The molecule has 0 saturated heterocycles. The third-order valence-electron chi connectivity index (χ3n) is 2.48. The van der Waals surface area contributed by atoms with Gasteiger partial charge < -0.3 is 9.47 Å². The first-order valence-corrected chi connectivity index (χ1v) is 5.99. The van der Waals surface area contributed by atoms with Crippen LogP contribution in [0.4, 0.5) is 0 Å². The molecule has 0 aromatic rings. The lowest BCUT2D eigenvalue weighted by atomic mass is 10.2. The molecule has 0 radical (unpaired) electrons. The number of esters is 2. The van der Waals surface area contributed by atoms with Crippen LogP contribution in [0.5, 0.6) is 0 Å². The maximum absolute atomic E-state index is 11.4. The van der Waals surface area contributed by atoms with Gasteiger partial charge in [-0.25, -0.2) is 0 Å². The molecule has 0 heterocycles. The standard InChI is InChI=1S/C13H20O4/c1-8(2)12(14)16-10-5-6-11(7-10)17-13(15)9(3)4/h5-6,8-11H,7H2,1-4H3/t10-,11+. The van der Waals surface area contributed by atoms with Crippen molar-refractivity contribution in [1.29, 1.82) is 0 Å². The van der Waals surface area contributed by atoms with E-state index in [-0.39, 0.29) is 36.0 Å². The van der Waals surface area contributed by atoms with E-state index in [0.29, 0.717) is 6.42 Å². The van der Waals surface area contributed by atoms with Crippen molar-refractivity contribution in [2.24, 2.45) is 11.8 Å². The lowest BCUT2D eigenvalue weighted by Gasteiger charge is -2.16. The molecule has 0 aromatic heterocycles. The highest BCUT2D eigenvalue weighted by Gasteiger charge is 2.26. The molecule has 0 amide bonds. The average Bonchev–Trinajstić information content (AvgIpc) is 2.65. The van der Waals surface area contributed by atoms with Crippen LogP contribution in [0.2, 0.25) is 0 Å². The lowest BCUT2D eigenvalue weighted by molar-refractivity contribution is -0.154. The van der Waals surface area contributed by atoms with E-state index in [9.17, 15) is 9.59 Å². The van der Waals surface area contributed by atoms with Gasteiger partial charge in [0.1, 0.15) is 12.2 Å². The zero-order valence-electron chi connectivity index (χ0n) is 10.8. The van der Waals surface area contributed by atoms with Gasteiger partial charge in [0.15, 0.2) is 0 Å². The minimum Gasteiger partial charge on any atom is -0.458 e. The SMILES string of the molecule is CC(C)C(=O)O[C@@H]1C=C[C@H](OC(=O)C(C)C)C1. The van der Waals surface area contributed by atoms with Crippen LogP contribution in [0.15, 0.2) is 12.2 Å². The zero-order valence-corrected chi connectivity index (χ0v) is 10.8. The molecule has 0 saturated carbocycles. The zero-order chi connectivity index (χ0) is 13.0. The number of carbonyl (C=O) groups excluding carboxylic acids is 2. The van der Waals surface area contributed by atoms with Gasteiger partial charge in [0, 0.05) is 6.42 Å².